The van der Waals surface area contributed by atoms with Crippen molar-refractivity contribution in [2.45, 2.75) is 77.9 Å². The van der Waals surface area contributed by atoms with Crippen LogP contribution >= 0.6 is 0 Å². The quantitative estimate of drug-likeness (QED) is 0.678. The Balaban J connectivity index is 1.64. The highest BCUT2D eigenvalue weighted by Gasteiger charge is 2.49. The molecule has 1 amide bonds. The van der Waals surface area contributed by atoms with E-state index in [-0.39, 0.29) is 17.4 Å². The van der Waals surface area contributed by atoms with Crippen molar-refractivity contribution in [2.24, 2.45) is 11.3 Å². The highest BCUT2D eigenvalue weighted by atomic mass is 16.5. The van der Waals surface area contributed by atoms with E-state index in [2.05, 4.69) is 31.4 Å². The molecule has 4 nitrogen and oxygen atoms in total. The van der Waals surface area contributed by atoms with Crippen LogP contribution in [-0.4, -0.2) is 37.7 Å². The predicted molar refractivity (Wildman–Crippen MR) is 89.8 cm³/mol. The Labute approximate surface area is 135 Å². The molecule has 2 rings (SSSR count). The maximum Gasteiger partial charge on any atom is 0.220 e. The lowest BCUT2D eigenvalue weighted by molar-refractivity contribution is -0.138. The summed E-state index contributed by atoms with van der Waals surface area (Å²) in [6.45, 7) is 9.68. The number of hydrogen-bond acceptors (Lipinski definition) is 3. The summed E-state index contributed by atoms with van der Waals surface area (Å²) in [5.74, 6) is 0.954. The first-order valence-corrected chi connectivity index (χ1v) is 9.15. The lowest BCUT2D eigenvalue weighted by Crippen LogP contribution is -2.62. The average molecular weight is 310 g/mol. The molecule has 128 valence electrons. The first kappa shape index (κ1) is 17.7. The molecule has 1 heterocycles. The van der Waals surface area contributed by atoms with Crippen LogP contribution in [0.2, 0.25) is 0 Å². The van der Waals surface area contributed by atoms with E-state index in [0.29, 0.717) is 12.5 Å². The third-order valence-corrected chi connectivity index (χ3v) is 5.57. The standard InChI is InChI=1S/C18H34N2O2/c1-4-5-12-22-16-13-15(18(16,2)3)20-17(21)7-6-14-8-10-19-11-9-14/h14-16,19H,4-13H2,1-3H3,(H,20,21). The van der Waals surface area contributed by atoms with Crippen LogP contribution < -0.4 is 10.6 Å². The zero-order valence-electron chi connectivity index (χ0n) is 14.6. The monoisotopic (exact) mass is 310 g/mol. The van der Waals surface area contributed by atoms with E-state index in [4.69, 9.17) is 4.74 Å². The van der Waals surface area contributed by atoms with Crippen molar-refractivity contribution in [3.63, 3.8) is 0 Å². The summed E-state index contributed by atoms with van der Waals surface area (Å²) in [7, 11) is 0. The lowest BCUT2D eigenvalue weighted by atomic mass is 9.64. The molecule has 2 unspecified atom stereocenters. The summed E-state index contributed by atoms with van der Waals surface area (Å²) >= 11 is 0. The highest BCUT2D eigenvalue weighted by Crippen LogP contribution is 2.42. The molecule has 2 atom stereocenters. The minimum Gasteiger partial charge on any atom is -0.378 e. The number of hydrogen-bond donors (Lipinski definition) is 2. The predicted octanol–water partition coefficient (Wildman–Crippen LogP) is 2.87. The molecule has 0 spiro atoms. The molecule has 0 aromatic rings. The highest BCUT2D eigenvalue weighted by molar-refractivity contribution is 5.76. The van der Waals surface area contributed by atoms with Crippen molar-refractivity contribution in [2.75, 3.05) is 19.7 Å². The van der Waals surface area contributed by atoms with Crippen LogP contribution in [0.15, 0.2) is 0 Å². The second kappa shape index (κ2) is 8.30. The topological polar surface area (TPSA) is 50.4 Å². The third-order valence-electron chi connectivity index (χ3n) is 5.57. The average Bonchev–Trinajstić information content (AvgIpc) is 2.52. The summed E-state index contributed by atoms with van der Waals surface area (Å²) in [6.07, 6.45) is 7.72. The zero-order valence-corrected chi connectivity index (χ0v) is 14.6. The van der Waals surface area contributed by atoms with E-state index < -0.39 is 0 Å². The Bertz CT molecular complexity index is 351. The van der Waals surface area contributed by atoms with E-state index in [1.165, 1.54) is 19.3 Å². The fourth-order valence-electron chi connectivity index (χ4n) is 3.56. The number of ether oxygens (including phenoxy) is 1. The van der Waals surface area contributed by atoms with Crippen molar-refractivity contribution < 1.29 is 9.53 Å². The molecule has 1 aliphatic carbocycles. The first-order valence-electron chi connectivity index (χ1n) is 9.15. The van der Waals surface area contributed by atoms with E-state index in [1.54, 1.807) is 0 Å². The molecule has 1 aliphatic heterocycles. The van der Waals surface area contributed by atoms with E-state index >= 15 is 0 Å². The van der Waals surface area contributed by atoms with Gasteiger partial charge in [0.25, 0.3) is 0 Å². The summed E-state index contributed by atoms with van der Waals surface area (Å²) in [5.41, 5.74) is 0.0676. The van der Waals surface area contributed by atoms with Gasteiger partial charge in [0.2, 0.25) is 5.91 Å². The molecule has 0 radical (unpaired) electrons. The van der Waals surface area contributed by atoms with Crippen molar-refractivity contribution >= 4 is 5.91 Å². The summed E-state index contributed by atoms with van der Waals surface area (Å²) in [4.78, 5) is 12.2. The fraction of sp³-hybridized carbons (Fsp3) is 0.944. The second-order valence-electron chi connectivity index (χ2n) is 7.62. The number of nitrogens with one attached hydrogen (secondary N) is 2. The van der Waals surface area contributed by atoms with Gasteiger partial charge in [0, 0.05) is 24.5 Å². The Morgan fingerprint density at radius 1 is 1.32 bits per heavy atom. The Morgan fingerprint density at radius 3 is 2.68 bits per heavy atom. The summed E-state index contributed by atoms with van der Waals surface area (Å²) in [5, 5.41) is 6.61. The first-order chi connectivity index (χ1) is 10.5. The number of rotatable bonds is 8. The summed E-state index contributed by atoms with van der Waals surface area (Å²) in [6, 6.07) is 0.277. The van der Waals surface area contributed by atoms with E-state index in [0.717, 1.165) is 44.9 Å². The number of unbranched alkanes of at least 4 members (excludes halogenated alkanes) is 1. The van der Waals surface area contributed by atoms with Gasteiger partial charge in [0.15, 0.2) is 0 Å². The third kappa shape index (κ3) is 4.69. The number of carbonyl (C=O) groups excluding carboxylic acids is 1. The molecule has 22 heavy (non-hydrogen) atoms. The van der Waals surface area contributed by atoms with Gasteiger partial charge < -0.3 is 15.4 Å². The minimum absolute atomic E-state index is 0.0676. The van der Waals surface area contributed by atoms with Crippen LogP contribution in [0.25, 0.3) is 0 Å². The molecule has 2 aliphatic rings. The molecular weight excluding hydrogens is 276 g/mol. The van der Waals surface area contributed by atoms with Crippen molar-refractivity contribution in [1.29, 1.82) is 0 Å². The van der Waals surface area contributed by atoms with E-state index in [1.807, 2.05) is 0 Å². The van der Waals surface area contributed by atoms with Crippen molar-refractivity contribution in [1.82, 2.24) is 10.6 Å². The SMILES string of the molecule is CCCCOC1CC(NC(=O)CCC2CCNCC2)C1(C)C. The van der Waals surface area contributed by atoms with Crippen molar-refractivity contribution in [3.8, 4) is 0 Å². The maximum atomic E-state index is 12.2. The normalized spacial score (nSPS) is 28.1. The maximum absolute atomic E-state index is 12.2. The van der Waals surface area contributed by atoms with Gasteiger partial charge >= 0.3 is 0 Å². The second-order valence-corrected chi connectivity index (χ2v) is 7.62. The van der Waals surface area contributed by atoms with Gasteiger partial charge in [-0.1, -0.05) is 27.2 Å². The van der Waals surface area contributed by atoms with Gasteiger partial charge in [-0.15, -0.1) is 0 Å². The van der Waals surface area contributed by atoms with Crippen LogP contribution in [-0.2, 0) is 9.53 Å². The number of piperidine rings is 1. The van der Waals surface area contributed by atoms with Crippen LogP contribution in [0.3, 0.4) is 0 Å². The van der Waals surface area contributed by atoms with Gasteiger partial charge in [0.1, 0.15) is 0 Å². The molecule has 4 heteroatoms. The minimum atomic E-state index is 0.0676. The van der Waals surface area contributed by atoms with Crippen LogP contribution in [0.5, 0.6) is 0 Å². The molecule has 0 bridgehead atoms. The van der Waals surface area contributed by atoms with Gasteiger partial charge in [0.05, 0.1) is 6.10 Å². The molecular formula is C18H34N2O2. The molecule has 1 saturated heterocycles. The number of amides is 1. The Hall–Kier alpha value is -0.610. The Kier molecular flexibility index (Phi) is 6.69. The molecule has 1 saturated carbocycles. The fourth-order valence-corrected chi connectivity index (χ4v) is 3.56. The van der Waals surface area contributed by atoms with Gasteiger partial charge in [-0.3, -0.25) is 4.79 Å². The van der Waals surface area contributed by atoms with Gasteiger partial charge in [-0.05, 0) is 51.1 Å². The van der Waals surface area contributed by atoms with Crippen LogP contribution in [0.4, 0.5) is 0 Å². The Morgan fingerprint density at radius 2 is 2.05 bits per heavy atom. The lowest BCUT2D eigenvalue weighted by Gasteiger charge is -2.51. The zero-order chi connectivity index (χ0) is 16.0. The van der Waals surface area contributed by atoms with Crippen LogP contribution in [0.1, 0.15) is 65.7 Å². The van der Waals surface area contributed by atoms with Crippen molar-refractivity contribution in [3.05, 3.63) is 0 Å². The largest absolute Gasteiger partial charge is 0.378 e. The smallest absolute Gasteiger partial charge is 0.220 e. The molecule has 0 aromatic carbocycles. The van der Waals surface area contributed by atoms with E-state index in [9.17, 15) is 4.79 Å². The molecule has 2 N–H and O–H groups in total. The van der Waals surface area contributed by atoms with Gasteiger partial charge in [-0.25, -0.2) is 0 Å². The molecule has 0 aromatic heterocycles. The molecule has 2 fully saturated rings. The summed E-state index contributed by atoms with van der Waals surface area (Å²) < 4.78 is 5.94. The van der Waals surface area contributed by atoms with Gasteiger partial charge in [-0.2, -0.15) is 0 Å². The number of carbonyl (C=O) groups is 1. The van der Waals surface area contributed by atoms with Crippen LogP contribution in [0, 0.1) is 11.3 Å².